The molecule has 4 nitrogen and oxygen atoms in total. The highest BCUT2D eigenvalue weighted by Gasteiger charge is 2.43. The maximum Gasteiger partial charge on any atom is 0.0723 e. The fourth-order valence-electron chi connectivity index (χ4n) is 6.40. The van der Waals surface area contributed by atoms with Crippen molar-refractivity contribution in [1.82, 2.24) is 4.90 Å². The molecule has 0 aromatic heterocycles. The lowest BCUT2D eigenvalue weighted by atomic mass is 9.88. The summed E-state index contributed by atoms with van der Waals surface area (Å²) in [5, 5.41) is 21.0. The number of allylic oxidation sites excluding steroid dienone is 2. The summed E-state index contributed by atoms with van der Waals surface area (Å²) >= 11 is 0. The van der Waals surface area contributed by atoms with E-state index >= 15 is 0 Å². The fraction of sp³-hybridized carbons (Fsp3) is 0.846. The molecule has 0 spiro atoms. The normalized spacial score (nSPS) is 34.0. The van der Waals surface area contributed by atoms with Crippen molar-refractivity contribution in [2.45, 2.75) is 82.8 Å². The van der Waals surface area contributed by atoms with Gasteiger partial charge in [0.05, 0.1) is 25.4 Å². The maximum absolute atomic E-state index is 10.6. The average molecular weight is 418 g/mol. The molecule has 0 radical (unpaired) electrons. The van der Waals surface area contributed by atoms with Crippen LogP contribution in [0.4, 0.5) is 0 Å². The summed E-state index contributed by atoms with van der Waals surface area (Å²) in [6, 6.07) is 0. The molecule has 0 amide bonds. The lowest BCUT2D eigenvalue weighted by Crippen LogP contribution is -2.36. The SMILES string of the molecule is O[C@H](/C=C/[C@@H]1[C@H]2CC(CCCCCN3CCOCC3)=C[C@H]2C[C@H]1O)CC1CCCC1. The second kappa shape index (κ2) is 11.3. The first kappa shape index (κ1) is 22.5. The zero-order valence-electron chi connectivity index (χ0n) is 18.8. The van der Waals surface area contributed by atoms with Gasteiger partial charge in [0.25, 0.3) is 0 Å². The quantitative estimate of drug-likeness (QED) is 0.411. The molecule has 2 N–H and O–H groups in total. The third-order valence-corrected chi connectivity index (χ3v) is 8.13. The van der Waals surface area contributed by atoms with Crippen molar-refractivity contribution in [2.75, 3.05) is 32.8 Å². The smallest absolute Gasteiger partial charge is 0.0723 e. The predicted molar refractivity (Wildman–Crippen MR) is 121 cm³/mol. The second-order valence-corrected chi connectivity index (χ2v) is 10.3. The van der Waals surface area contributed by atoms with Crippen molar-refractivity contribution in [1.29, 1.82) is 0 Å². The molecule has 3 aliphatic carbocycles. The number of morpholine rings is 1. The largest absolute Gasteiger partial charge is 0.392 e. The molecule has 1 heterocycles. The number of aliphatic hydroxyl groups is 2. The Morgan fingerprint density at radius 3 is 2.73 bits per heavy atom. The number of unbranched alkanes of at least 4 members (excludes halogenated alkanes) is 2. The minimum Gasteiger partial charge on any atom is -0.392 e. The highest BCUT2D eigenvalue weighted by Crippen LogP contribution is 2.48. The zero-order chi connectivity index (χ0) is 20.8. The molecule has 4 rings (SSSR count). The molecular formula is C26H43NO3. The van der Waals surface area contributed by atoms with Crippen LogP contribution in [-0.2, 0) is 4.74 Å². The molecule has 1 aliphatic heterocycles. The number of rotatable bonds is 10. The summed E-state index contributed by atoms with van der Waals surface area (Å²) in [4.78, 5) is 2.53. The van der Waals surface area contributed by atoms with E-state index in [-0.39, 0.29) is 18.1 Å². The molecule has 0 aromatic rings. The van der Waals surface area contributed by atoms with Crippen molar-refractivity contribution in [2.24, 2.45) is 23.7 Å². The van der Waals surface area contributed by atoms with Crippen LogP contribution in [0.3, 0.4) is 0 Å². The third-order valence-electron chi connectivity index (χ3n) is 8.13. The van der Waals surface area contributed by atoms with Crippen LogP contribution in [0, 0.1) is 23.7 Å². The van der Waals surface area contributed by atoms with E-state index in [0.717, 1.165) is 45.6 Å². The van der Waals surface area contributed by atoms with Gasteiger partial charge in [-0.2, -0.15) is 0 Å². The fourth-order valence-corrected chi connectivity index (χ4v) is 6.40. The first-order chi connectivity index (χ1) is 14.7. The second-order valence-electron chi connectivity index (χ2n) is 10.3. The molecule has 0 bridgehead atoms. The van der Waals surface area contributed by atoms with Crippen LogP contribution in [0.15, 0.2) is 23.8 Å². The number of nitrogens with zero attached hydrogens (tertiary/aromatic N) is 1. The van der Waals surface area contributed by atoms with Crippen molar-refractivity contribution in [3.05, 3.63) is 23.8 Å². The Hall–Kier alpha value is -0.680. The van der Waals surface area contributed by atoms with Crippen LogP contribution >= 0.6 is 0 Å². The molecule has 4 heteroatoms. The van der Waals surface area contributed by atoms with Gasteiger partial charge in [0.2, 0.25) is 0 Å². The summed E-state index contributed by atoms with van der Waals surface area (Å²) in [5.74, 6) is 2.03. The third kappa shape index (κ3) is 6.18. The Labute approximate surface area is 183 Å². The van der Waals surface area contributed by atoms with Crippen molar-refractivity contribution in [3.8, 4) is 0 Å². The summed E-state index contributed by atoms with van der Waals surface area (Å²) in [6.07, 6.45) is 19.4. The van der Waals surface area contributed by atoms with E-state index in [2.05, 4.69) is 17.1 Å². The van der Waals surface area contributed by atoms with Gasteiger partial charge >= 0.3 is 0 Å². The van der Waals surface area contributed by atoms with E-state index < -0.39 is 0 Å². The number of hydrogen-bond acceptors (Lipinski definition) is 4. The van der Waals surface area contributed by atoms with Gasteiger partial charge in [-0.3, -0.25) is 4.90 Å². The molecule has 4 aliphatic rings. The lowest BCUT2D eigenvalue weighted by molar-refractivity contribution is 0.0371. The molecule has 1 saturated heterocycles. The van der Waals surface area contributed by atoms with Crippen LogP contribution in [0.5, 0.6) is 0 Å². The summed E-state index contributed by atoms with van der Waals surface area (Å²) < 4.78 is 5.42. The molecular weight excluding hydrogens is 374 g/mol. The molecule has 3 fully saturated rings. The lowest BCUT2D eigenvalue weighted by Gasteiger charge is -2.26. The molecule has 0 aromatic carbocycles. The van der Waals surface area contributed by atoms with Gasteiger partial charge in [-0.1, -0.05) is 55.9 Å². The summed E-state index contributed by atoms with van der Waals surface area (Å²) in [6.45, 7) is 5.21. The van der Waals surface area contributed by atoms with E-state index in [1.807, 2.05) is 6.08 Å². The molecule has 2 saturated carbocycles. The Morgan fingerprint density at radius 1 is 1.13 bits per heavy atom. The van der Waals surface area contributed by atoms with Gasteiger partial charge < -0.3 is 14.9 Å². The minimum atomic E-state index is -0.334. The van der Waals surface area contributed by atoms with Gasteiger partial charge in [0, 0.05) is 19.0 Å². The standard InChI is InChI=1S/C26H43NO3/c28-23(17-20-6-3-4-7-20)9-10-24-25-18-21(16-22(25)19-26(24)29)8-2-1-5-11-27-12-14-30-15-13-27/h9-10,16,20,22-26,28-29H,1-8,11-15,17-19H2/b10-9+/t22-,23+,24+,25-,26+/m0/s1. The van der Waals surface area contributed by atoms with E-state index in [9.17, 15) is 10.2 Å². The monoisotopic (exact) mass is 417 g/mol. The van der Waals surface area contributed by atoms with Gasteiger partial charge in [0.15, 0.2) is 0 Å². The Balaban J connectivity index is 1.16. The maximum atomic E-state index is 10.6. The Kier molecular flexibility index (Phi) is 8.45. The summed E-state index contributed by atoms with van der Waals surface area (Å²) in [5.41, 5.74) is 1.62. The zero-order valence-corrected chi connectivity index (χ0v) is 18.8. The molecule has 170 valence electrons. The topological polar surface area (TPSA) is 52.9 Å². The predicted octanol–water partition coefficient (Wildman–Crippen LogP) is 4.32. The summed E-state index contributed by atoms with van der Waals surface area (Å²) in [7, 11) is 0. The van der Waals surface area contributed by atoms with Gasteiger partial charge in [-0.05, 0) is 62.8 Å². The van der Waals surface area contributed by atoms with E-state index in [1.165, 1.54) is 57.9 Å². The number of fused-ring (bicyclic) bond motifs is 1. The van der Waals surface area contributed by atoms with E-state index in [1.54, 1.807) is 5.57 Å². The van der Waals surface area contributed by atoms with Crippen molar-refractivity contribution in [3.63, 3.8) is 0 Å². The van der Waals surface area contributed by atoms with Gasteiger partial charge in [-0.15, -0.1) is 0 Å². The number of ether oxygens (including phenoxy) is 1. The average Bonchev–Trinajstić information content (AvgIpc) is 3.44. The van der Waals surface area contributed by atoms with Crippen LogP contribution in [0.1, 0.15) is 70.6 Å². The Morgan fingerprint density at radius 2 is 1.93 bits per heavy atom. The van der Waals surface area contributed by atoms with E-state index in [0.29, 0.717) is 17.8 Å². The van der Waals surface area contributed by atoms with Gasteiger partial charge in [0.1, 0.15) is 0 Å². The first-order valence-corrected chi connectivity index (χ1v) is 12.7. The van der Waals surface area contributed by atoms with Gasteiger partial charge in [-0.25, -0.2) is 0 Å². The Bertz CT molecular complexity index is 577. The van der Waals surface area contributed by atoms with Crippen LogP contribution in [-0.4, -0.2) is 60.2 Å². The first-order valence-electron chi connectivity index (χ1n) is 12.7. The number of hydrogen-bond donors (Lipinski definition) is 2. The molecule has 0 unspecified atom stereocenters. The highest BCUT2D eigenvalue weighted by molar-refractivity contribution is 5.21. The number of aliphatic hydroxyl groups excluding tert-OH is 2. The minimum absolute atomic E-state index is 0.225. The van der Waals surface area contributed by atoms with Crippen LogP contribution < -0.4 is 0 Å². The van der Waals surface area contributed by atoms with Crippen molar-refractivity contribution < 1.29 is 14.9 Å². The highest BCUT2D eigenvalue weighted by atomic mass is 16.5. The van der Waals surface area contributed by atoms with E-state index in [4.69, 9.17) is 4.74 Å². The molecule has 5 atom stereocenters. The van der Waals surface area contributed by atoms with Crippen LogP contribution in [0.2, 0.25) is 0 Å². The van der Waals surface area contributed by atoms with Crippen LogP contribution in [0.25, 0.3) is 0 Å². The van der Waals surface area contributed by atoms with Crippen molar-refractivity contribution >= 4 is 0 Å². The molecule has 30 heavy (non-hydrogen) atoms.